The topological polar surface area (TPSA) is 99.6 Å². The van der Waals surface area contributed by atoms with Crippen molar-refractivity contribution in [3.05, 3.63) is 36.8 Å². The number of hydrogen-bond donors (Lipinski definition) is 4. The van der Waals surface area contributed by atoms with E-state index in [1.165, 1.54) is 19.3 Å². The van der Waals surface area contributed by atoms with Crippen molar-refractivity contribution in [2.24, 2.45) is 17.6 Å². The minimum absolute atomic E-state index is 0.0337. The smallest absolute Gasteiger partial charge is 0.229 e. The lowest BCUT2D eigenvalue weighted by molar-refractivity contribution is -0.121. The van der Waals surface area contributed by atoms with Crippen molar-refractivity contribution in [1.29, 1.82) is 0 Å². The maximum absolute atomic E-state index is 12.9. The van der Waals surface area contributed by atoms with Crippen LogP contribution in [0.25, 0.3) is 22.0 Å². The van der Waals surface area contributed by atoms with Crippen LogP contribution in [0.15, 0.2) is 36.8 Å². The molecule has 0 aliphatic heterocycles. The molecule has 0 saturated heterocycles. The van der Waals surface area contributed by atoms with Crippen LogP contribution in [0.5, 0.6) is 0 Å². The Hall–Kier alpha value is -2.60. The van der Waals surface area contributed by atoms with Gasteiger partial charge in [-0.2, -0.15) is 5.10 Å². The summed E-state index contributed by atoms with van der Waals surface area (Å²) in [7, 11) is 0. The van der Waals surface area contributed by atoms with Gasteiger partial charge in [0.15, 0.2) is 0 Å². The normalized spacial score (nSPS) is 16.7. The molecule has 26 heavy (non-hydrogen) atoms. The molecule has 136 valence electrons. The molecule has 2 heterocycles. The maximum atomic E-state index is 12.9. The van der Waals surface area contributed by atoms with Crippen molar-refractivity contribution in [2.45, 2.75) is 32.1 Å². The molecule has 0 bridgehead atoms. The van der Waals surface area contributed by atoms with Crippen molar-refractivity contribution in [2.75, 3.05) is 11.9 Å². The van der Waals surface area contributed by atoms with E-state index in [2.05, 4.69) is 20.5 Å². The minimum atomic E-state index is -0.117. The average molecular weight is 351 g/mol. The van der Waals surface area contributed by atoms with Crippen LogP contribution in [0.2, 0.25) is 0 Å². The third kappa shape index (κ3) is 3.12. The van der Waals surface area contributed by atoms with Gasteiger partial charge in [0.25, 0.3) is 0 Å². The van der Waals surface area contributed by atoms with E-state index in [1.54, 1.807) is 6.20 Å². The molecule has 4 rings (SSSR count). The van der Waals surface area contributed by atoms with Crippen molar-refractivity contribution in [3.8, 4) is 11.1 Å². The van der Waals surface area contributed by atoms with Crippen LogP contribution in [0.3, 0.4) is 0 Å². The molecule has 1 aliphatic rings. The lowest BCUT2D eigenvalue weighted by atomic mass is 9.79. The third-order valence-electron chi connectivity index (χ3n) is 5.59. The van der Waals surface area contributed by atoms with Crippen LogP contribution in [0.1, 0.15) is 32.1 Å². The number of para-hydroxylation sites is 1. The van der Waals surface area contributed by atoms with Gasteiger partial charge in [-0.15, -0.1) is 0 Å². The summed E-state index contributed by atoms with van der Waals surface area (Å²) < 4.78 is 0. The summed E-state index contributed by atoms with van der Waals surface area (Å²) in [5.74, 6) is 0.318. The zero-order valence-corrected chi connectivity index (χ0v) is 14.8. The molecule has 6 heteroatoms. The Morgan fingerprint density at radius 3 is 2.85 bits per heavy atom. The fraction of sp³-hybridized carbons (Fsp3) is 0.400. The predicted molar refractivity (Wildman–Crippen MR) is 104 cm³/mol. The molecule has 0 spiro atoms. The molecule has 0 radical (unpaired) electrons. The van der Waals surface area contributed by atoms with Crippen LogP contribution in [0, 0.1) is 11.8 Å². The van der Waals surface area contributed by atoms with E-state index in [4.69, 9.17) is 5.73 Å². The molecule has 1 fully saturated rings. The molecular weight excluding hydrogens is 326 g/mol. The molecule has 0 unspecified atom stereocenters. The van der Waals surface area contributed by atoms with Gasteiger partial charge in [0.2, 0.25) is 5.91 Å². The number of fused-ring (bicyclic) bond motifs is 1. The van der Waals surface area contributed by atoms with E-state index >= 15 is 0 Å². The van der Waals surface area contributed by atoms with E-state index in [0.717, 1.165) is 40.6 Å². The summed E-state index contributed by atoms with van der Waals surface area (Å²) >= 11 is 0. The van der Waals surface area contributed by atoms with E-state index in [9.17, 15) is 4.79 Å². The lowest BCUT2D eigenvalue weighted by Crippen LogP contribution is -2.36. The first kappa shape index (κ1) is 16.8. The minimum Gasteiger partial charge on any atom is -0.359 e. The molecule has 5 N–H and O–H groups in total. The van der Waals surface area contributed by atoms with Crippen molar-refractivity contribution in [3.63, 3.8) is 0 Å². The van der Waals surface area contributed by atoms with Crippen molar-refractivity contribution >= 4 is 22.5 Å². The number of rotatable bonds is 5. The molecule has 3 aromatic rings. The van der Waals surface area contributed by atoms with Gasteiger partial charge in [-0.25, -0.2) is 0 Å². The SMILES string of the molecule is NC[C@H](C(=O)Nc1cccc2c(-c3cn[nH]c3)c[nH]c12)C1CCCCC1. The highest BCUT2D eigenvalue weighted by Crippen LogP contribution is 2.33. The first-order valence-corrected chi connectivity index (χ1v) is 9.38. The Morgan fingerprint density at radius 2 is 2.12 bits per heavy atom. The number of nitrogens with one attached hydrogen (secondary N) is 3. The Balaban J connectivity index is 1.59. The van der Waals surface area contributed by atoms with Gasteiger partial charge < -0.3 is 16.0 Å². The number of carbonyl (C=O) groups excluding carboxylic acids is 1. The standard InChI is InChI=1S/C20H25N5O/c21-9-16(13-5-2-1-3-6-13)20(26)25-18-8-4-7-15-17(12-22-19(15)18)14-10-23-24-11-14/h4,7-8,10-13,16,22H,1-3,5-6,9,21H2,(H,23,24)(H,25,26)/t16-/m0/s1. The lowest BCUT2D eigenvalue weighted by Gasteiger charge is -2.28. The number of amides is 1. The Labute approximate surface area is 152 Å². The summed E-state index contributed by atoms with van der Waals surface area (Å²) in [6.07, 6.45) is 11.5. The Kier molecular flexibility index (Phi) is 4.75. The summed E-state index contributed by atoms with van der Waals surface area (Å²) in [6, 6.07) is 5.95. The highest BCUT2D eigenvalue weighted by atomic mass is 16.1. The van der Waals surface area contributed by atoms with E-state index in [-0.39, 0.29) is 11.8 Å². The molecular formula is C20H25N5O. The molecule has 1 aromatic carbocycles. The maximum Gasteiger partial charge on any atom is 0.229 e. The van der Waals surface area contributed by atoms with Crippen LogP contribution in [-0.2, 0) is 4.79 Å². The zero-order chi connectivity index (χ0) is 17.9. The first-order valence-electron chi connectivity index (χ1n) is 9.38. The van der Waals surface area contributed by atoms with Crippen LogP contribution in [-0.4, -0.2) is 27.6 Å². The molecule has 2 aromatic heterocycles. The molecule has 6 nitrogen and oxygen atoms in total. The average Bonchev–Trinajstić information content (AvgIpc) is 3.33. The summed E-state index contributed by atoms with van der Waals surface area (Å²) in [5.41, 5.74) is 9.77. The highest BCUT2D eigenvalue weighted by Gasteiger charge is 2.28. The monoisotopic (exact) mass is 351 g/mol. The van der Waals surface area contributed by atoms with E-state index < -0.39 is 0 Å². The Bertz CT molecular complexity index is 877. The largest absolute Gasteiger partial charge is 0.359 e. The second-order valence-electron chi connectivity index (χ2n) is 7.15. The second-order valence-corrected chi connectivity index (χ2v) is 7.15. The van der Waals surface area contributed by atoms with Gasteiger partial charge in [-0.1, -0.05) is 31.4 Å². The van der Waals surface area contributed by atoms with Gasteiger partial charge in [0, 0.05) is 35.5 Å². The zero-order valence-electron chi connectivity index (χ0n) is 14.8. The van der Waals surface area contributed by atoms with Gasteiger partial charge in [-0.3, -0.25) is 9.89 Å². The van der Waals surface area contributed by atoms with Crippen LogP contribution in [0.4, 0.5) is 5.69 Å². The fourth-order valence-corrected chi connectivity index (χ4v) is 4.17. The third-order valence-corrected chi connectivity index (χ3v) is 5.59. The van der Waals surface area contributed by atoms with Crippen molar-refractivity contribution in [1.82, 2.24) is 15.2 Å². The van der Waals surface area contributed by atoms with Crippen LogP contribution < -0.4 is 11.1 Å². The summed E-state index contributed by atoms with van der Waals surface area (Å²) in [5, 5.41) is 11.0. The van der Waals surface area contributed by atoms with Gasteiger partial charge in [-0.05, 0) is 24.8 Å². The van der Waals surface area contributed by atoms with Crippen LogP contribution >= 0.6 is 0 Å². The van der Waals surface area contributed by atoms with Gasteiger partial charge in [0.05, 0.1) is 23.3 Å². The number of anilines is 1. The van der Waals surface area contributed by atoms with E-state index in [0.29, 0.717) is 12.5 Å². The number of nitrogens with two attached hydrogens (primary N) is 1. The quantitative estimate of drug-likeness (QED) is 0.564. The number of benzene rings is 1. The molecule has 1 saturated carbocycles. The molecule has 1 amide bonds. The highest BCUT2D eigenvalue weighted by molar-refractivity contribution is 6.06. The predicted octanol–water partition coefficient (Wildman–Crippen LogP) is 3.65. The van der Waals surface area contributed by atoms with Gasteiger partial charge in [0.1, 0.15) is 0 Å². The Morgan fingerprint density at radius 1 is 1.27 bits per heavy atom. The number of carbonyl (C=O) groups is 1. The fourth-order valence-electron chi connectivity index (χ4n) is 4.17. The van der Waals surface area contributed by atoms with Crippen molar-refractivity contribution < 1.29 is 4.79 Å². The number of nitrogens with zero attached hydrogens (tertiary/aromatic N) is 1. The summed E-state index contributed by atoms with van der Waals surface area (Å²) in [6.45, 7) is 0.400. The van der Waals surface area contributed by atoms with Gasteiger partial charge >= 0.3 is 0 Å². The van der Waals surface area contributed by atoms with E-state index in [1.807, 2.05) is 30.6 Å². The second kappa shape index (κ2) is 7.33. The number of hydrogen-bond acceptors (Lipinski definition) is 3. The number of aromatic amines is 2. The summed E-state index contributed by atoms with van der Waals surface area (Å²) in [4.78, 5) is 16.2. The number of H-pyrrole nitrogens is 2. The molecule has 1 atom stereocenters. The molecule has 1 aliphatic carbocycles. The first-order chi connectivity index (χ1) is 12.8. The number of aromatic nitrogens is 3.